The van der Waals surface area contributed by atoms with Gasteiger partial charge in [-0.3, -0.25) is 19.7 Å². The summed E-state index contributed by atoms with van der Waals surface area (Å²) < 4.78 is 0. The average molecular weight is 448 g/mol. The Hall–Kier alpha value is -3.11. The van der Waals surface area contributed by atoms with Crippen LogP contribution in [-0.4, -0.2) is 41.3 Å². The number of halogens is 1. The second-order valence-corrected chi connectivity index (χ2v) is 8.22. The molecule has 0 bridgehead atoms. The van der Waals surface area contributed by atoms with Crippen molar-refractivity contribution in [3.63, 3.8) is 0 Å². The number of carbonyl (C=O) groups is 2. The lowest BCUT2D eigenvalue weighted by atomic mass is 10.2. The number of amidine groups is 1. The number of nitrogens with zero attached hydrogens (tertiary/aromatic N) is 3. The fourth-order valence-electron chi connectivity index (χ4n) is 2.67. The van der Waals surface area contributed by atoms with Gasteiger partial charge in [-0.15, -0.1) is 0 Å². The molecule has 2 aromatic carbocycles. The van der Waals surface area contributed by atoms with Crippen LogP contribution in [0.25, 0.3) is 0 Å². The van der Waals surface area contributed by atoms with Crippen molar-refractivity contribution in [3.8, 4) is 0 Å². The predicted octanol–water partition coefficient (Wildman–Crippen LogP) is 3.56. The van der Waals surface area contributed by atoms with Crippen LogP contribution in [0.5, 0.6) is 0 Å². The molecule has 1 unspecified atom stereocenters. The van der Waals surface area contributed by atoms with Gasteiger partial charge in [0.2, 0.25) is 11.8 Å². The van der Waals surface area contributed by atoms with Crippen LogP contribution in [-0.2, 0) is 9.59 Å². The standard InChI is InChI=1S/C19H18ClN5O4S/c1-24(2)13-6-4-12(5-7-13)21-19-23-18(27)16(30-19)10-17(26)22-14-8-3-11(20)9-15(14)25(28)29/h3-9,16H,10H2,1-2H3,(H,22,26)(H,21,23,27). The van der Waals surface area contributed by atoms with E-state index in [0.29, 0.717) is 10.9 Å². The number of benzene rings is 2. The lowest BCUT2D eigenvalue weighted by molar-refractivity contribution is -0.383. The van der Waals surface area contributed by atoms with Gasteiger partial charge in [0.05, 0.1) is 10.6 Å². The highest BCUT2D eigenvalue weighted by Gasteiger charge is 2.32. The Balaban J connectivity index is 1.64. The van der Waals surface area contributed by atoms with Crippen LogP contribution in [0, 0.1) is 10.1 Å². The molecule has 1 saturated heterocycles. The quantitative estimate of drug-likeness (QED) is 0.516. The Bertz CT molecular complexity index is 1030. The number of nitrogens with one attached hydrogen (secondary N) is 2. The highest BCUT2D eigenvalue weighted by molar-refractivity contribution is 8.15. The van der Waals surface area contributed by atoms with Crippen LogP contribution >= 0.6 is 23.4 Å². The maximum absolute atomic E-state index is 12.3. The van der Waals surface area contributed by atoms with Crippen molar-refractivity contribution in [2.75, 3.05) is 24.3 Å². The average Bonchev–Trinajstić information content (AvgIpc) is 3.02. The molecular weight excluding hydrogens is 430 g/mol. The second-order valence-electron chi connectivity index (χ2n) is 6.59. The van der Waals surface area contributed by atoms with Crippen molar-refractivity contribution in [2.24, 2.45) is 4.99 Å². The van der Waals surface area contributed by atoms with Gasteiger partial charge in [-0.2, -0.15) is 0 Å². The fourth-order valence-corrected chi connectivity index (χ4v) is 3.82. The summed E-state index contributed by atoms with van der Waals surface area (Å²) in [6.07, 6.45) is -0.158. The molecule has 0 radical (unpaired) electrons. The van der Waals surface area contributed by atoms with Crippen molar-refractivity contribution in [2.45, 2.75) is 11.7 Å². The first-order valence-electron chi connectivity index (χ1n) is 8.80. The zero-order chi connectivity index (χ0) is 21.8. The molecule has 0 spiro atoms. The van der Waals surface area contributed by atoms with E-state index in [1.165, 1.54) is 12.1 Å². The Labute approximate surface area is 181 Å². The highest BCUT2D eigenvalue weighted by atomic mass is 35.5. The van der Waals surface area contributed by atoms with Gasteiger partial charge in [0.1, 0.15) is 10.9 Å². The summed E-state index contributed by atoms with van der Waals surface area (Å²) >= 11 is 6.91. The number of nitro benzene ring substituents is 1. The van der Waals surface area contributed by atoms with E-state index in [1.54, 1.807) is 0 Å². The molecular formula is C19H18ClN5O4S. The van der Waals surface area contributed by atoms with Crippen molar-refractivity contribution < 1.29 is 14.5 Å². The summed E-state index contributed by atoms with van der Waals surface area (Å²) in [5, 5.41) is 16.2. The number of aliphatic imine (C=N–C) groups is 1. The van der Waals surface area contributed by atoms with Crippen LogP contribution in [0.3, 0.4) is 0 Å². The third kappa shape index (κ3) is 5.28. The van der Waals surface area contributed by atoms with Crippen LogP contribution in [0.2, 0.25) is 5.02 Å². The van der Waals surface area contributed by atoms with E-state index in [4.69, 9.17) is 11.6 Å². The van der Waals surface area contributed by atoms with E-state index < -0.39 is 16.1 Å². The molecule has 1 aliphatic rings. The number of hydrogen-bond acceptors (Lipinski definition) is 7. The Morgan fingerprint density at radius 3 is 2.63 bits per heavy atom. The number of anilines is 2. The van der Waals surface area contributed by atoms with Gasteiger partial charge in [0.15, 0.2) is 5.17 Å². The monoisotopic (exact) mass is 447 g/mol. The molecule has 156 valence electrons. The number of thioether (sulfide) groups is 1. The largest absolute Gasteiger partial charge is 0.378 e. The number of nitro groups is 1. The molecule has 9 nitrogen and oxygen atoms in total. The van der Waals surface area contributed by atoms with E-state index in [2.05, 4.69) is 15.6 Å². The molecule has 1 fully saturated rings. The van der Waals surface area contributed by atoms with Crippen LogP contribution < -0.4 is 15.5 Å². The van der Waals surface area contributed by atoms with E-state index in [0.717, 1.165) is 23.5 Å². The summed E-state index contributed by atoms with van der Waals surface area (Å²) in [6.45, 7) is 0. The van der Waals surface area contributed by atoms with Gasteiger partial charge in [0.25, 0.3) is 5.69 Å². The van der Waals surface area contributed by atoms with Gasteiger partial charge in [-0.25, -0.2) is 4.99 Å². The minimum absolute atomic E-state index is 0.0210. The molecule has 11 heteroatoms. The van der Waals surface area contributed by atoms with Crippen molar-refractivity contribution in [3.05, 3.63) is 57.6 Å². The normalized spacial score (nSPS) is 17.0. The van der Waals surface area contributed by atoms with Crippen LogP contribution in [0.4, 0.5) is 22.7 Å². The third-order valence-electron chi connectivity index (χ3n) is 4.17. The highest BCUT2D eigenvalue weighted by Crippen LogP contribution is 2.30. The van der Waals surface area contributed by atoms with Gasteiger partial charge >= 0.3 is 0 Å². The molecule has 1 atom stereocenters. The lowest BCUT2D eigenvalue weighted by Gasteiger charge is -2.11. The van der Waals surface area contributed by atoms with Crippen molar-refractivity contribution in [1.29, 1.82) is 0 Å². The van der Waals surface area contributed by atoms with Gasteiger partial charge in [0, 0.05) is 37.3 Å². The molecule has 0 aromatic heterocycles. The molecule has 1 aliphatic heterocycles. The third-order valence-corrected chi connectivity index (χ3v) is 5.49. The zero-order valence-corrected chi connectivity index (χ0v) is 17.7. The number of rotatable bonds is 6. The van der Waals surface area contributed by atoms with E-state index in [-0.39, 0.29) is 28.7 Å². The first kappa shape index (κ1) is 21.6. The van der Waals surface area contributed by atoms with Crippen LogP contribution in [0.1, 0.15) is 6.42 Å². The minimum Gasteiger partial charge on any atom is -0.378 e. The second kappa shape index (κ2) is 9.14. The zero-order valence-electron chi connectivity index (χ0n) is 16.1. The SMILES string of the molecule is CN(C)c1ccc(N=C2NC(=O)C(CC(=O)Nc3ccc(Cl)cc3[N+](=O)[O-])S2)cc1. The lowest BCUT2D eigenvalue weighted by Crippen LogP contribution is -2.28. The van der Waals surface area contributed by atoms with Crippen molar-refractivity contribution >= 4 is 63.1 Å². The summed E-state index contributed by atoms with van der Waals surface area (Å²) in [7, 11) is 3.87. The first-order chi connectivity index (χ1) is 14.2. The fraction of sp³-hybridized carbons (Fsp3) is 0.211. The molecule has 3 rings (SSSR count). The van der Waals surface area contributed by atoms with E-state index in [1.807, 2.05) is 43.3 Å². The smallest absolute Gasteiger partial charge is 0.294 e. The van der Waals surface area contributed by atoms with E-state index in [9.17, 15) is 19.7 Å². The number of hydrogen-bond donors (Lipinski definition) is 2. The van der Waals surface area contributed by atoms with Crippen molar-refractivity contribution in [1.82, 2.24) is 5.32 Å². The van der Waals surface area contributed by atoms with Gasteiger partial charge in [-0.05, 0) is 36.4 Å². The van der Waals surface area contributed by atoms with Crippen LogP contribution in [0.15, 0.2) is 47.5 Å². The molecule has 2 N–H and O–H groups in total. The van der Waals surface area contributed by atoms with Gasteiger partial charge in [-0.1, -0.05) is 23.4 Å². The molecule has 1 heterocycles. The van der Waals surface area contributed by atoms with Gasteiger partial charge < -0.3 is 15.5 Å². The maximum Gasteiger partial charge on any atom is 0.294 e. The number of amides is 2. The Kier molecular flexibility index (Phi) is 6.58. The Morgan fingerprint density at radius 2 is 2.00 bits per heavy atom. The first-order valence-corrected chi connectivity index (χ1v) is 10.1. The molecule has 30 heavy (non-hydrogen) atoms. The summed E-state index contributed by atoms with van der Waals surface area (Å²) in [5.74, 6) is -0.867. The molecule has 0 saturated carbocycles. The predicted molar refractivity (Wildman–Crippen MR) is 119 cm³/mol. The Morgan fingerprint density at radius 1 is 1.30 bits per heavy atom. The molecule has 0 aliphatic carbocycles. The topological polar surface area (TPSA) is 117 Å². The maximum atomic E-state index is 12.3. The number of carbonyl (C=O) groups excluding carboxylic acids is 2. The summed E-state index contributed by atoms with van der Waals surface area (Å²) in [5.41, 5.74) is 1.40. The summed E-state index contributed by atoms with van der Waals surface area (Å²) in [6, 6.07) is 11.4. The molecule has 2 amide bonds. The van der Waals surface area contributed by atoms with E-state index >= 15 is 0 Å². The summed E-state index contributed by atoms with van der Waals surface area (Å²) in [4.78, 5) is 41.4. The molecule has 2 aromatic rings. The minimum atomic E-state index is -0.684.